The molecule has 3 aromatic carbocycles. The Kier molecular flexibility index (Phi) is 8.69. The van der Waals surface area contributed by atoms with E-state index in [4.69, 9.17) is 9.47 Å². The molecular weight excluding hydrogens is 470 g/mol. The summed E-state index contributed by atoms with van der Waals surface area (Å²) < 4.78 is 17.1. The number of anilines is 1. The smallest absolute Gasteiger partial charge is 0.488 e. The van der Waals surface area contributed by atoms with Crippen molar-refractivity contribution in [3.8, 4) is 16.9 Å². The number of nitrogens with zero attached hydrogens (tertiary/aromatic N) is 1. The van der Waals surface area contributed by atoms with Gasteiger partial charge >= 0.3 is 12.2 Å². The van der Waals surface area contributed by atoms with Crippen LogP contribution in [-0.2, 0) is 29.4 Å². The number of aromatic nitrogens is 1. The van der Waals surface area contributed by atoms with E-state index in [0.29, 0.717) is 18.8 Å². The highest BCUT2D eigenvalue weighted by molar-refractivity contribution is 5.89. The monoisotopic (exact) mass is 498 g/mol. The number of hydrogen-bond donors (Lipinski definition) is 2. The van der Waals surface area contributed by atoms with Crippen molar-refractivity contribution < 1.29 is 28.4 Å². The molecule has 2 amide bonds. The quantitative estimate of drug-likeness (QED) is 0.242. The van der Waals surface area contributed by atoms with Crippen molar-refractivity contribution in [1.82, 2.24) is 5.32 Å². The van der Waals surface area contributed by atoms with E-state index >= 15 is 0 Å². The van der Waals surface area contributed by atoms with Gasteiger partial charge in [-0.3, -0.25) is 0 Å². The third-order valence-corrected chi connectivity index (χ3v) is 5.45. The number of carbonyl (C=O) groups excluding carboxylic acids is 2. The van der Waals surface area contributed by atoms with Gasteiger partial charge in [0.05, 0.1) is 13.7 Å². The first-order chi connectivity index (χ1) is 18.1. The minimum absolute atomic E-state index is 0.0145. The zero-order valence-electron chi connectivity index (χ0n) is 20.4. The van der Waals surface area contributed by atoms with Crippen LogP contribution in [0, 0.1) is 0 Å². The van der Waals surface area contributed by atoms with Gasteiger partial charge in [0.25, 0.3) is 6.73 Å². The second-order valence-corrected chi connectivity index (χ2v) is 8.11. The normalized spacial score (nSPS) is 10.3. The van der Waals surface area contributed by atoms with Gasteiger partial charge in [0.15, 0.2) is 12.4 Å². The molecular formula is C29H28N3O5+. The number of ether oxygens (including phenoxy) is 3. The van der Waals surface area contributed by atoms with Gasteiger partial charge in [0, 0.05) is 22.9 Å². The number of amides is 2. The maximum Gasteiger partial charge on any atom is 0.512 e. The lowest BCUT2D eigenvalue weighted by Crippen LogP contribution is -2.37. The molecule has 0 unspecified atom stereocenters. The maximum absolute atomic E-state index is 12.4. The first-order valence-corrected chi connectivity index (χ1v) is 11.7. The number of pyridine rings is 1. The van der Waals surface area contributed by atoms with Crippen LogP contribution in [0.25, 0.3) is 11.1 Å². The fourth-order valence-electron chi connectivity index (χ4n) is 3.60. The Morgan fingerprint density at radius 1 is 0.838 bits per heavy atom. The fourth-order valence-corrected chi connectivity index (χ4v) is 3.60. The molecule has 8 heteroatoms. The van der Waals surface area contributed by atoms with Crippen LogP contribution in [0.4, 0.5) is 15.3 Å². The first-order valence-electron chi connectivity index (χ1n) is 11.7. The molecule has 0 aliphatic carbocycles. The summed E-state index contributed by atoms with van der Waals surface area (Å²) in [6, 6.07) is 28.9. The summed E-state index contributed by atoms with van der Waals surface area (Å²) in [4.78, 5) is 23.5. The van der Waals surface area contributed by atoms with Crippen molar-refractivity contribution in [2.45, 2.75) is 19.9 Å². The Balaban J connectivity index is 1.26. The number of para-hydroxylation sites is 1. The van der Waals surface area contributed by atoms with E-state index in [1.54, 1.807) is 23.0 Å². The number of carbonyl (C=O) groups is 2. The fraction of sp³-hybridized carbons (Fsp3) is 0.138. The zero-order chi connectivity index (χ0) is 25.9. The van der Waals surface area contributed by atoms with E-state index in [1.165, 1.54) is 7.11 Å². The van der Waals surface area contributed by atoms with Gasteiger partial charge in [0.2, 0.25) is 0 Å². The largest absolute Gasteiger partial charge is 0.512 e. The average Bonchev–Trinajstić information content (AvgIpc) is 2.95. The molecule has 4 aromatic rings. The van der Waals surface area contributed by atoms with Crippen molar-refractivity contribution >= 4 is 17.9 Å². The molecule has 1 heterocycles. The molecule has 0 bridgehead atoms. The Labute approximate surface area is 215 Å². The van der Waals surface area contributed by atoms with Crippen LogP contribution in [0.3, 0.4) is 0 Å². The Bertz CT molecular complexity index is 1330. The Morgan fingerprint density at radius 2 is 1.59 bits per heavy atom. The lowest BCUT2D eigenvalue weighted by Gasteiger charge is -2.12. The van der Waals surface area contributed by atoms with E-state index in [-0.39, 0.29) is 12.8 Å². The van der Waals surface area contributed by atoms with E-state index in [9.17, 15) is 9.59 Å². The second kappa shape index (κ2) is 12.7. The molecule has 2 N–H and O–H groups in total. The standard InChI is InChI=1S/C29H27N3O5/c1-35-29(34)37-21-32-17-7-8-23(19-32)18-30-28(33)31-25-15-13-22(14-16-25)20-36-27-12-6-5-11-26(27)24-9-3-2-4-10-24/h2-17,19H,18,20-21H2,1H3,(H-,30,31,33)/p+1. The Hall–Kier alpha value is -4.85. The van der Waals surface area contributed by atoms with Gasteiger partial charge in [-0.2, -0.15) is 4.57 Å². The lowest BCUT2D eigenvalue weighted by molar-refractivity contribution is -0.728. The van der Waals surface area contributed by atoms with Gasteiger partial charge in [-0.1, -0.05) is 60.7 Å². The molecule has 1 aromatic heterocycles. The summed E-state index contributed by atoms with van der Waals surface area (Å²) >= 11 is 0. The summed E-state index contributed by atoms with van der Waals surface area (Å²) in [6.45, 7) is 0.724. The molecule has 0 radical (unpaired) electrons. The topological polar surface area (TPSA) is 89.8 Å². The second-order valence-electron chi connectivity index (χ2n) is 8.11. The summed E-state index contributed by atoms with van der Waals surface area (Å²) in [5.41, 5.74) is 4.63. The van der Waals surface area contributed by atoms with E-state index in [0.717, 1.165) is 28.0 Å². The summed E-state index contributed by atoms with van der Waals surface area (Å²) in [5, 5.41) is 5.64. The maximum atomic E-state index is 12.4. The van der Waals surface area contributed by atoms with Crippen molar-refractivity contribution in [3.63, 3.8) is 0 Å². The van der Waals surface area contributed by atoms with Crippen LogP contribution in [0.2, 0.25) is 0 Å². The zero-order valence-corrected chi connectivity index (χ0v) is 20.4. The molecule has 0 atom stereocenters. The first kappa shape index (κ1) is 25.2. The average molecular weight is 499 g/mol. The highest BCUT2D eigenvalue weighted by Gasteiger charge is 2.09. The van der Waals surface area contributed by atoms with Crippen LogP contribution in [0.5, 0.6) is 5.75 Å². The molecule has 4 rings (SSSR count). The van der Waals surface area contributed by atoms with Gasteiger partial charge in [-0.25, -0.2) is 9.59 Å². The van der Waals surface area contributed by atoms with Crippen LogP contribution >= 0.6 is 0 Å². The van der Waals surface area contributed by atoms with Gasteiger partial charge in [-0.15, -0.1) is 0 Å². The minimum atomic E-state index is -0.759. The predicted molar refractivity (Wildman–Crippen MR) is 139 cm³/mol. The molecule has 37 heavy (non-hydrogen) atoms. The molecule has 0 saturated heterocycles. The number of nitrogens with one attached hydrogen (secondary N) is 2. The van der Waals surface area contributed by atoms with E-state index < -0.39 is 6.16 Å². The SMILES string of the molecule is COC(=O)OC[n+]1cccc(CNC(=O)Nc2ccc(COc3ccccc3-c3ccccc3)cc2)c1. The highest BCUT2D eigenvalue weighted by Crippen LogP contribution is 2.30. The van der Waals surface area contributed by atoms with Gasteiger partial charge in [-0.05, 0) is 35.4 Å². The molecule has 0 aliphatic heterocycles. The van der Waals surface area contributed by atoms with Crippen molar-refractivity contribution in [3.05, 3.63) is 115 Å². The Morgan fingerprint density at radius 3 is 2.38 bits per heavy atom. The molecule has 0 spiro atoms. The number of methoxy groups -OCH3 is 1. The molecule has 8 nitrogen and oxygen atoms in total. The predicted octanol–water partition coefficient (Wildman–Crippen LogP) is 5.28. The van der Waals surface area contributed by atoms with Crippen molar-refractivity contribution in [2.75, 3.05) is 12.4 Å². The summed E-state index contributed by atoms with van der Waals surface area (Å²) in [7, 11) is 1.25. The highest BCUT2D eigenvalue weighted by atomic mass is 16.7. The number of urea groups is 1. The summed E-state index contributed by atoms with van der Waals surface area (Å²) in [6.07, 6.45) is 2.76. The van der Waals surface area contributed by atoms with E-state index in [1.807, 2.05) is 72.8 Å². The third kappa shape index (κ3) is 7.57. The van der Waals surface area contributed by atoms with Crippen LogP contribution in [0.1, 0.15) is 11.1 Å². The van der Waals surface area contributed by atoms with Crippen molar-refractivity contribution in [1.29, 1.82) is 0 Å². The molecule has 0 aliphatic rings. The molecule has 0 saturated carbocycles. The van der Waals surface area contributed by atoms with Gasteiger partial charge < -0.3 is 24.8 Å². The number of hydrogen-bond acceptors (Lipinski definition) is 5. The van der Waals surface area contributed by atoms with Crippen LogP contribution in [0.15, 0.2) is 103 Å². The minimum Gasteiger partial charge on any atom is -0.488 e. The lowest BCUT2D eigenvalue weighted by atomic mass is 10.0. The van der Waals surface area contributed by atoms with Crippen LogP contribution in [-0.4, -0.2) is 19.3 Å². The number of rotatable bonds is 9. The van der Waals surface area contributed by atoms with E-state index in [2.05, 4.69) is 27.5 Å². The molecule has 0 fully saturated rings. The van der Waals surface area contributed by atoms with Gasteiger partial charge in [0.1, 0.15) is 12.4 Å². The summed E-state index contributed by atoms with van der Waals surface area (Å²) in [5.74, 6) is 0.814. The van der Waals surface area contributed by atoms with Crippen LogP contribution < -0.4 is 19.9 Å². The van der Waals surface area contributed by atoms with Crippen molar-refractivity contribution in [2.24, 2.45) is 0 Å². The third-order valence-electron chi connectivity index (χ3n) is 5.45. The number of benzene rings is 3. The molecule has 188 valence electrons.